The Morgan fingerprint density at radius 3 is 3.00 bits per heavy atom. The van der Waals surface area contributed by atoms with Crippen molar-refractivity contribution in [2.75, 3.05) is 19.6 Å². The van der Waals surface area contributed by atoms with E-state index in [1.54, 1.807) is 0 Å². The summed E-state index contributed by atoms with van der Waals surface area (Å²) >= 11 is 0. The van der Waals surface area contributed by atoms with Crippen molar-refractivity contribution >= 4 is 0 Å². The van der Waals surface area contributed by atoms with E-state index in [4.69, 9.17) is 4.52 Å². The average molecular weight is 272 g/mol. The van der Waals surface area contributed by atoms with Crippen molar-refractivity contribution < 1.29 is 4.52 Å². The van der Waals surface area contributed by atoms with Gasteiger partial charge >= 0.3 is 0 Å². The molecule has 106 valence electrons. The Morgan fingerprint density at radius 2 is 2.20 bits per heavy atom. The van der Waals surface area contributed by atoms with E-state index in [2.05, 4.69) is 39.4 Å². The van der Waals surface area contributed by atoms with Crippen LogP contribution in [0.1, 0.15) is 24.2 Å². The Kier molecular flexibility index (Phi) is 4.08. The number of piperazine rings is 1. The Hall–Kier alpha value is -1.72. The molecule has 20 heavy (non-hydrogen) atoms. The highest BCUT2D eigenvalue weighted by Gasteiger charge is 2.20. The summed E-state index contributed by atoms with van der Waals surface area (Å²) in [6, 6.07) is 10.7. The molecule has 5 nitrogen and oxygen atoms in total. The first-order valence-electron chi connectivity index (χ1n) is 7.11. The van der Waals surface area contributed by atoms with E-state index in [0.29, 0.717) is 18.4 Å². The van der Waals surface area contributed by atoms with Crippen LogP contribution in [-0.4, -0.2) is 40.7 Å². The van der Waals surface area contributed by atoms with Gasteiger partial charge < -0.3 is 9.84 Å². The third-order valence-electron chi connectivity index (χ3n) is 3.69. The normalized spacial score (nSPS) is 20.1. The van der Waals surface area contributed by atoms with Crippen molar-refractivity contribution in [2.45, 2.75) is 25.9 Å². The van der Waals surface area contributed by atoms with Crippen LogP contribution >= 0.6 is 0 Å². The predicted molar refractivity (Wildman–Crippen MR) is 76.3 cm³/mol. The number of rotatable bonds is 4. The molecule has 1 aliphatic heterocycles. The van der Waals surface area contributed by atoms with Gasteiger partial charge in [0.15, 0.2) is 5.82 Å². The van der Waals surface area contributed by atoms with Crippen molar-refractivity contribution in [3.8, 4) is 0 Å². The number of hydrogen-bond acceptors (Lipinski definition) is 5. The number of nitrogens with one attached hydrogen (secondary N) is 1. The van der Waals surface area contributed by atoms with Gasteiger partial charge in [0.1, 0.15) is 0 Å². The minimum absolute atomic E-state index is 0.514. The fourth-order valence-corrected chi connectivity index (χ4v) is 2.50. The molecular formula is C15H20N4O. The third kappa shape index (κ3) is 3.23. The van der Waals surface area contributed by atoms with Gasteiger partial charge in [0, 0.05) is 25.7 Å². The molecule has 1 saturated heterocycles. The summed E-state index contributed by atoms with van der Waals surface area (Å²) < 4.78 is 5.34. The average Bonchev–Trinajstić information content (AvgIpc) is 2.90. The number of hydrogen-bond donors (Lipinski definition) is 1. The highest BCUT2D eigenvalue weighted by molar-refractivity contribution is 5.17. The largest absolute Gasteiger partial charge is 0.339 e. The SMILES string of the molecule is C[C@@H]1CNCCN1Cc1noc(Cc2ccccc2)n1. The van der Waals surface area contributed by atoms with E-state index < -0.39 is 0 Å². The molecule has 1 aromatic carbocycles. The van der Waals surface area contributed by atoms with Crippen molar-refractivity contribution in [2.24, 2.45) is 0 Å². The van der Waals surface area contributed by atoms with Crippen molar-refractivity contribution in [1.29, 1.82) is 0 Å². The number of benzene rings is 1. The minimum atomic E-state index is 0.514. The van der Waals surface area contributed by atoms with Gasteiger partial charge in [-0.3, -0.25) is 4.90 Å². The zero-order chi connectivity index (χ0) is 13.8. The van der Waals surface area contributed by atoms with Gasteiger partial charge in [-0.2, -0.15) is 4.98 Å². The van der Waals surface area contributed by atoms with Crippen LogP contribution in [0.3, 0.4) is 0 Å². The first-order chi connectivity index (χ1) is 9.81. The molecule has 5 heteroatoms. The summed E-state index contributed by atoms with van der Waals surface area (Å²) in [5, 5.41) is 7.47. The summed E-state index contributed by atoms with van der Waals surface area (Å²) in [7, 11) is 0. The number of aromatic nitrogens is 2. The fourth-order valence-electron chi connectivity index (χ4n) is 2.50. The van der Waals surface area contributed by atoms with Crippen LogP contribution in [0.4, 0.5) is 0 Å². The molecule has 0 bridgehead atoms. The molecule has 2 heterocycles. The lowest BCUT2D eigenvalue weighted by atomic mass is 10.1. The Labute approximate surface area is 119 Å². The van der Waals surface area contributed by atoms with E-state index in [1.807, 2.05) is 18.2 Å². The van der Waals surface area contributed by atoms with Crippen LogP contribution < -0.4 is 5.32 Å². The van der Waals surface area contributed by atoms with Gasteiger partial charge in [0.05, 0.1) is 13.0 Å². The van der Waals surface area contributed by atoms with Gasteiger partial charge in [0.25, 0.3) is 0 Å². The maximum absolute atomic E-state index is 5.34. The second-order valence-corrected chi connectivity index (χ2v) is 5.29. The molecule has 0 unspecified atom stereocenters. The maximum Gasteiger partial charge on any atom is 0.231 e. The molecule has 1 atom stereocenters. The zero-order valence-electron chi connectivity index (χ0n) is 11.7. The quantitative estimate of drug-likeness (QED) is 0.913. The lowest BCUT2D eigenvalue weighted by molar-refractivity contribution is 0.160. The molecule has 0 aliphatic carbocycles. The molecule has 0 radical (unpaired) electrons. The first kappa shape index (κ1) is 13.3. The minimum Gasteiger partial charge on any atom is -0.339 e. The smallest absolute Gasteiger partial charge is 0.231 e. The van der Waals surface area contributed by atoms with E-state index in [-0.39, 0.29) is 0 Å². The van der Waals surface area contributed by atoms with E-state index in [1.165, 1.54) is 5.56 Å². The summed E-state index contributed by atoms with van der Waals surface area (Å²) in [4.78, 5) is 6.88. The highest BCUT2D eigenvalue weighted by Crippen LogP contribution is 2.10. The van der Waals surface area contributed by atoms with Gasteiger partial charge in [-0.25, -0.2) is 0 Å². The van der Waals surface area contributed by atoms with E-state index in [9.17, 15) is 0 Å². The highest BCUT2D eigenvalue weighted by atomic mass is 16.5. The first-order valence-corrected chi connectivity index (χ1v) is 7.11. The van der Waals surface area contributed by atoms with Gasteiger partial charge in [-0.1, -0.05) is 35.5 Å². The van der Waals surface area contributed by atoms with Crippen molar-refractivity contribution in [3.63, 3.8) is 0 Å². The molecule has 0 saturated carbocycles. The molecule has 1 N–H and O–H groups in total. The van der Waals surface area contributed by atoms with Crippen LogP contribution in [0.2, 0.25) is 0 Å². The topological polar surface area (TPSA) is 54.2 Å². The molecule has 1 fully saturated rings. The monoisotopic (exact) mass is 272 g/mol. The third-order valence-corrected chi connectivity index (χ3v) is 3.69. The summed E-state index contributed by atoms with van der Waals surface area (Å²) in [5.41, 5.74) is 1.19. The van der Waals surface area contributed by atoms with Crippen LogP contribution in [0.15, 0.2) is 34.9 Å². The second kappa shape index (κ2) is 6.15. The molecule has 1 aromatic heterocycles. The maximum atomic E-state index is 5.34. The Morgan fingerprint density at radius 1 is 1.35 bits per heavy atom. The molecule has 3 rings (SSSR count). The predicted octanol–water partition coefficient (Wildman–Crippen LogP) is 1.45. The lowest BCUT2D eigenvalue weighted by Crippen LogP contribution is -2.49. The van der Waals surface area contributed by atoms with Crippen molar-refractivity contribution in [3.05, 3.63) is 47.6 Å². The molecular weight excluding hydrogens is 252 g/mol. The van der Waals surface area contributed by atoms with Gasteiger partial charge in [-0.15, -0.1) is 0 Å². The summed E-state index contributed by atoms with van der Waals surface area (Å²) in [6.45, 7) is 6.07. The van der Waals surface area contributed by atoms with E-state index >= 15 is 0 Å². The lowest BCUT2D eigenvalue weighted by Gasteiger charge is -2.32. The van der Waals surface area contributed by atoms with Gasteiger partial charge in [-0.05, 0) is 12.5 Å². The number of nitrogens with zero attached hydrogens (tertiary/aromatic N) is 3. The summed E-state index contributed by atoms with van der Waals surface area (Å²) in [6.07, 6.45) is 0.699. The molecule has 0 amide bonds. The molecule has 1 aliphatic rings. The summed E-state index contributed by atoms with van der Waals surface area (Å²) in [5.74, 6) is 1.47. The van der Waals surface area contributed by atoms with Crippen LogP contribution in [0.5, 0.6) is 0 Å². The fraction of sp³-hybridized carbons (Fsp3) is 0.467. The molecule has 2 aromatic rings. The molecule has 0 spiro atoms. The van der Waals surface area contributed by atoms with Crippen LogP contribution in [0.25, 0.3) is 0 Å². The van der Waals surface area contributed by atoms with E-state index in [0.717, 1.165) is 32.0 Å². The Balaban J connectivity index is 1.62. The zero-order valence-corrected chi connectivity index (χ0v) is 11.7. The van der Waals surface area contributed by atoms with Crippen molar-refractivity contribution in [1.82, 2.24) is 20.4 Å². The Bertz CT molecular complexity index is 540. The van der Waals surface area contributed by atoms with Gasteiger partial charge in [0.2, 0.25) is 5.89 Å². The standard InChI is InChI=1S/C15H20N4O/c1-12-10-16-7-8-19(12)11-14-17-15(20-18-14)9-13-5-3-2-4-6-13/h2-6,12,16H,7-11H2,1H3/t12-/m1/s1. The second-order valence-electron chi connectivity index (χ2n) is 5.29. The van der Waals surface area contributed by atoms with Crippen LogP contribution in [-0.2, 0) is 13.0 Å². The van der Waals surface area contributed by atoms with Crippen LogP contribution in [0, 0.1) is 0 Å².